The van der Waals surface area contributed by atoms with Crippen LogP contribution >= 0.6 is 15.9 Å². The number of anilines is 1. The van der Waals surface area contributed by atoms with Gasteiger partial charge < -0.3 is 10.5 Å². The first-order valence-corrected chi connectivity index (χ1v) is 7.11. The van der Waals surface area contributed by atoms with Crippen molar-refractivity contribution in [3.63, 3.8) is 0 Å². The van der Waals surface area contributed by atoms with Gasteiger partial charge in [-0.15, -0.1) is 0 Å². The van der Waals surface area contributed by atoms with E-state index in [0.29, 0.717) is 17.2 Å². The number of fused-ring (bicyclic) bond motifs is 1. The van der Waals surface area contributed by atoms with E-state index in [1.54, 1.807) is 12.3 Å². The van der Waals surface area contributed by atoms with Crippen molar-refractivity contribution in [2.75, 3.05) is 5.73 Å². The van der Waals surface area contributed by atoms with E-state index in [-0.39, 0.29) is 5.82 Å². The van der Waals surface area contributed by atoms with Crippen molar-refractivity contribution in [2.24, 2.45) is 0 Å². The second kappa shape index (κ2) is 5.33. The molecule has 3 aromatic rings. The molecule has 0 bridgehead atoms. The third-order valence-corrected chi connectivity index (χ3v) is 3.66. The van der Waals surface area contributed by atoms with Crippen molar-refractivity contribution in [3.05, 3.63) is 58.4 Å². The number of aromatic nitrogens is 1. The zero-order valence-electron chi connectivity index (χ0n) is 11.2. The van der Waals surface area contributed by atoms with Crippen LogP contribution in [0.25, 0.3) is 10.9 Å². The van der Waals surface area contributed by atoms with E-state index in [2.05, 4.69) is 20.9 Å². The molecule has 0 saturated heterocycles. The average molecular weight is 347 g/mol. The van der Waals surface area contributed by atoms with Crippen molar-refractivity contribution in [2.45, 2.75) is 6.92 Å². The molecule has 2 aromatic carbocycles. The highest BCUT2D eigenvalue weighted by Crippen LogP contribution is 2.36. The number of pyridine rings is 1. The first kappa shape index (κ1) is 13.8. The lowest BCUT2D eigenvalue weighted by Crippen LogP contribution is -1.96. The van der Waals surface area contributed by atoms with Crippen LogP contribution in [0.2, 0.25) is 0 Å². The van der Waals surface area contributed by atoms with Gasteiger partial charge in [0.25, 0.3) is 0 Å². The van der Waals surface area contributed by atoms with E-state index in [0.717, 1.165) is 20.9 Å². The van der Waals surface area contributed by atoms with Crippen molar-refractivity contribution < 1.29 is 9.13 Å². The number of hydrogen-bond donors (Lipinski definition) is 1. The Kier molecular flexibility index (Phi) is 3.51. The predicted octanol–water partition coefficient (Wildman–Crippen LogP) is 4.82. The van der Waals surface area contributed by atoms with Crippen LogP contribution in [0.15, 0.2) is 47.1 Å². The number of halogens is 2. The Hall–Kier alpha value is -2.14. The van der Waals surface area contributed by atoms with E-state index >= 15 is 0 Å². The number of ether oxygens (including phenoxy) is 1. The van der Waals surface area contributed by atoms with Gasteiger partial charge in [0.15, 0.2) is 5.75 Å². The van der Waals surface area contributed by atoms with Crippen LogP contribution in [-0.2, 0) is 0 Å². The van der Waals surface area contributed by atoms with E-state index in [4.69, 9.17) is 10.5 Å². The topological polar surface area (TPSA) is 48.1 Å². The van der Waals surface area contributed by atoms with E-state index < -0.39 is 0 Å². The number of hydrogen-bond acceptors (Lipinski definition) is 3. The molecule has 0 spiro atoms. The van der Waals surface area contributed by atoms with Crippen LogP contribution in [-0.4, -0.2) is 4.98 Å². The van der Waals surface area contributed by atoms with Gasteiger partial charge in [0, 0.05) is 15.9 Å². The molecule has 0 aliphatic rings. The molecule has 0 aliphatic carbocycles. The molecule has 3 rings (SSSR count). The van der Waals surface area contributed by atoms with E-state index in [1.165, 1.54) is 12.1 Å². The SMILES string of the molecule is Cc1ccc(F)cc1Oc1c(N)cnc2ccc(Br)cc12. The Morgan fingerprint density at radius 1 is 1.19 bits per heavy atom. The highest BCUT2D eigenvalue weighted by molar-refractivity contribution is 9.10. The minimum Gasteiger partial charge on any atom is -0.454 e. The van der Waals surface area contributed by atoms with Crippen LogP contribution in [0.5, 0.6) is 11.5 Å². The minimum atomic E-state index is -0.353. The highest BCUT2D eigenvalue weighted by Gasteiger charge is 2.11. The highest BCUT2D eigenvalue weighted by atomic mass is 79.9. The van der Waals surface area contributed by atoms with Gasteiger partial charge in [0.1, 0.15) is 11.6 Å². The molecule has 0 unspecified atom stereocenters. The van der Waals surface area contributed by atoms with Gasteiger partial charge in [0.2, 0.25) is 0 Å². The van der Waals surface area contributed by atoms with Gasteiger partial charge in [0.05, 0.1) is 17.4 Å². The maximum Gasteiger partial charge on any atom is 0.161 e. The van der Waals surface area contributed by atoms with Gasteiger partial charge in [-0.3, -0.25) is 4.98 Å². The van der Waals surface area contributed by atoms with Gasteiger partial charge in [-0.05, 0) is 36.8 Å². The molecule has 0 atom stereocenters. The van der Waals surface area contributed by atoms with Gasteiger partial charge in [-0.1, -0.05) is 22.0 Å². The fourth-order valence-corrected chi connectivity index (χ4v) is 2.42. The lowest BCUT2D eigenvalue weighted by molar-refractivity contribution is 0.480. The molecule has 0 amide bonds. The monoisotopic (exact) mass is 346 g/mol. The largest absolute Gasteiger partial charge is 0.454 e. The van der Waals surface area contributed by atoms with E-state index in [9.17, 15) is 4.39 Å². The lowest BCUT2D eigenvalue weighted by atomic mass is 10.2. The molecule has 1 heterocycles. The van der Waals surface area contributed by atoms with Gasteiger partial charge >= 0.3 is 0 Å². The minimum absolute atomic E-state index is 0.353. The molecular weight excluding hydrogens is 335 g/mol. The van der Waals surface area contributed by atoms with Gasteiger partial charge in [-0.25, -0.2) is 4.39 Å². The van der Waals surface area contributed by atoms with Crippen molar-refractivity contribution >= 4 is 32.5 Å². The quantitative estimate of drug-likeness (QED) is 0.723. The molecule has 5 heteroatoms. The summed E-state index contributed by atoms with van der Waals surface area (Å²) >= 11 is 3.42. The Balaban J connectivity index is 2.17. The van der Waals surface area contributed by atoms with Crippen LogP contribution in [0.3, 0.4) is 0 Å². The molecule has 0 saturated carbocycles. The fraction of sp³-hybridized carbons (Fsp3) is 0.0625. The molecule has 1 aromatic heterocycles. The fourth-order valence-electron chi connectivity index (χ4n) is 2.06. The number of rotatable bonds is 2. The maximum absolute atomic E-state index is 13.4. The Morgan fingerprint density at radius 3 is 2.81 bits per heavy atom. The second-order valence-electron chi connectivity index (χ2n) is 4.72. The number of nitrogen functional groups attached to an aromatic ring is 1. The number of nitrogens with two attached hydrogens (primary N) is 1. The molecule has 2 N–H and O–H groups in total. The maximum atomic E-state index is 13.4. The van der Waals surface area contributed by atoms with Gasteiger partial charge in [-0.2, -0.15) is 0 Å². The zero-order chi connectivity index (χ0) is 15.0. The third-order valence-electron chi connectivity index (χ3n) is 3.17. The molecule has 0 aliphatic heterocycles. The summed E-state index contributed by atoms with van der Waals surface area (Å²) in [7, 11) is 0. The summed E-state index contributed by atoms with van der Waals surface area (Å²) in [5.41, 5.74) is 7.97. The standard InChI is InChI=1S/C16H12BrFN2O/c1-9-2-4-11(18)7-15(9)21-16-12-6-10(17)3-5-14(12)20-8-13(16)19/h2-8H,19H2,1H3. The summed E-state index contributed by atoms with van der Waals surface area (Å²) in [6.45, 7) is 1.85. The molecule has 106 valence electrons. The molecule has 21 heavy (non-hydrogen) atoms. The average Bonchev–Trinajstić information content (AvgIpc) is 2.46. The Bertz CT molecular complexity index is 831. The number of aryl methyl sites for hydroxylation is 1. The smallest absolute Gasteiger partial charge is 0.161 e. The van der Waals surface area contributed by atoms with Crippen LogP contribution in [0.4, 0.5) is 10.1 Å². The molecule has 0 fully saturated rings. The summed E-state index contributed by atoms with van der Waals surface area (Å²) in [5, 5.41) is 0.771. The first-order chi connectivity index (χ1) is 10.0. The van der Waals surface area contributed by atoms with E-state index in [1.807, 2.05) is 25.1 Å². The summed E-state index contributed by atoms with van der Waals surface area (Å²) in [6.07, 6.45) is 1.54. The van der Waals surface area contributed by atoms with Crippen molar-refractivity contribution in [1.82, 2.24) is 4.98 Å². The van der Waals surface area contributed by atoms with Crippen LogP contribution < -0.4 is 10.5 Å². The van der Waals surface area contributed by atoms with Crippen molar-refractivity contribution in [1.29, 1.82) is 0 Å². The summed E-state index contributed by atoms with van der Waals surface area (Å²) in [4.78, 5) is 4.26. The first-order valence-electron chi connectivity index (χ1n) is 6.32. The normalized spacial score (nSPS) is 10.8. The molecular formula is C16H12BrFN2O. The second-order valence-corrected chi connectivity index (χ2v) is 5.63. The van der Waals surface area contributed by atoms with Crippen LogP contribution in [0.1, 0.15) is 5.56 Å². The van der Waals surface area contributed by atoms with Crippen molar-refractivity contribution in [3.8, 4) is 11.5 Å². The summed E-state index contributed by atoms with van der Waals surface area (Å²) in [5.74, 6) is 0.567. The number of benzene rings is 2. The summed E-state index contributed by atoms with van der Waals surface area (Å²) in [6, 6.07) is 10.0. The predicted molar refractivity (Wildman–Crippen MR) is 85.1 cm³/mol. The molecule has 0 radical (unpaired) electrons. The summed E-state index contributed by atoms with van der Waals surface area (Å²) < 4.78 is 20.2. The van der Waals surface area contributed by atoms with Crippen LogP contribution in [0, 0.1) is 12.7 Å². The number of nitrogens with zero attached hydrogens (tertiary/aromatic N) is 1. The Morgan fingerprint density at radius 2 is 2.00 bits per heavy atom. The Labute approximate surface area is 129 Å². The molecule has 3 nitrogen and oxygen atoms in total. The lowest BCUT2D eigenvalue weighted by Gasteiger charge is -2.13. The third kappa shape index (κ3) is 2.69. The zero-order valence-corrected chi connectivity index (χ0v) is 12.8.